The van der Waals surface area contributed by atoms with Gasteiger partial charge < -0.3 is 14.8 Å². The van der Waals surface area contributed by atoms with Gasteiger partial charge in [0.05, 0.1) is 0 Å². The molecule has 0 atom stereocenters. The third-order valence-corrected chi connectivity index (χ3v) is 2.71. The first-order valence-electron chi connectivity index (χ1n) is 6.38. The van der Waals surface area contributed by atoms with Crippen molar-refractivity contribution >= 4 is 5.97 Å². The number of nitrogens with one attached hydrogen (secondary N) is 1. The van der Waals surface area contributed by atoms with E-state index in [1.54, 1.807) is 0 Å². The largest absolute Gasteiger partial charge is 0.462 e. The predicted molar refractivity (Wildman–Crippen MR) is 74.9 cm³/mol. The van der Waals surface area contributed by atoms with Gasteiger partial charge in [0.25, 0.3) is 0 Å². The molecule has 0 aromatic heterocycles. The summed E-state index contributed by atoms with van der Waals surface area (Å²) >= 11 is 0. The topological polar surface area (TPSA) is 47.6 Å². The molecule has 4 nitrogen and oxygen atoms in total. The van der Waals surface area contributed by atoms with Crippen LogP contribution in [0.5, 0.6) is 0 Å². The average Bonchev–Trinajstić information content (AvgIpc) is 2.35. The molecular formula is C15H23NO3. The van der Waals surface area contributed by atoms with E-state index in [1.165, 1.54) is 18.2 Å². The van der Waals surface area contributed by atoms with Gasteiger partial charge >= 0.3 is 5.97 Å². The van der Waals surface area contributed by atoms with Gasteiger partial charge in [0.2, 0.25) is 0 Å². The Morgan fingerprint density at radius 3 is 2.74 bits per heavy atom. The fourth-order valence-corrected chi connectivity index (χ4v) is 1.63. The highest BCUT2D eigenvalue weighted by atomic mass is 16.6. The summed E-state index contributed by atoms with van der Waals surface area (Å²) in [5.74, 6) is -0.340. The van der Waals surface area contributed by atoms with Crippen LogP contribution in [0.4, 0.5) is 0 Å². The molecule has 0 saturated carbocycles. The smallest absolute Gasteiger partial charge is 0.332 e. The van der Waals surface area contributed by atoms with Gasteiger partial charge in [-0.2, -0.15) is 0 Å². The molecule has 0 amide bonds. The lowest BCUT2D eigenvalue weighted by molar-refractivity contribution is -0.149. The van der Waals surface area contributed by atoms with E-state index in [0.717, 1.165) is 6.54 Å². The predicted octanol–water partition coefficient (Wildman–Crippen LogP) is 2.05. The number of benzene rings is 1. The first-order valence-corrected chi connectivity index (χ1v) is 6.38. The second-order valence-corrected chi connectivity index (χ2v) is 5.32. The molecule has 0 aliphatic rings. The molecule has 19 heavy (non-hydrogen) atoms. The van der Waals surface area contributed by atoms with Gasteiger partial charge in [0.15, 0.2) is 0 Å². The number of rotatable bonds is 7. The van der Waals surface area contributed by atoms with E-state index in [1.807, 2.05) is 19.9 Å². The summed E-state index contributed by atoms with van der Waals surface area (Å²) in [7, 11) is 1.47. The second-order valence-electron chi connectivity index (χ2n) is 5.32. The maximum absolute atomic E-state index is 11.2. The van der Waals surface area contributed by atoms with E-state index in [9.17, 15) is 4.79 Å². The number of carbonyl (C=O) groups is 1. The molecule has 1 aromatic carbocycles. The average molecular weight is 265 g/mol. The summed E-state index contributed by atoms with van der Waals surface area (Å²) in [5.41, 5.74) is 2.19. The van der Waals surface area contributed by atoms with Crippen LogP contribution in [-0.2, 0) is 20.8 Å². The Labute approximate surface area is 115 Å². The van der Waals surface area contributed by atoms with E-state index < -0.39 is 0 Å². The van der Waals surface area contributed by atoms with Gasteiger partial charge in [-0.05, 0) is 26.3 Å². The van der Waals surface area contributed by atoms with E-state index in [0.29, 0.717) is 6.61 Å². The fourth-order valence-electron chi connectivity index (χ4n) is 1.63. The minimum absolute atomic E-state index is 0.00599. The minimum Gasteiger partial charge on any atom is -0.462 e. The van der Waals surface area contributed by atoms with Crippen molar-refractivity contribution in [3.63, 3.8) is 0 Å². The Kier molecular flexibility index (Phi) is 5.99. The number of ether oxygens (including phenoxy) is 2. The third kappa shape index (κ3) is 6.36. The van der Waals surface area contributed by atoms with Crippen molar-refractivity contribution in [3.05, 3.63) is 35.4 Å². The van der Waals surface area contributed by atoms with Crippen molar-refractivity contribution in [2.45, 2.75) is 32.9 Å². The van der Waals surface area contributed by atoms with Crippen LogP contribution in [0.1, 0.15) is 25.0 Å². The monoisotopic (exact) mass is 265 g/mol. The number of hydrogen-bond acceptors (Lipinski definition) is 4. The Bertz CT molecular complexity index is 416. The number of carbonyl (C=O) groups excluding carboxylic acids is 1. The number of methoxy groups -OCH3 is 1. The maximum Gasteiger partial charge on any atom is 0.332 e. The van der Waals surface area contributed by atoms with Crippen LogP contribution in [0.15, 0.2) is 24.3 Å². The van der Waals surface area contributed by atoms with Crippen molar-refractivity contribution in [3.8, 4) is 0 Å². The quantitative estimate of drug-likeness (QED) is 0.767. The number of hydrogen-bond donors (Lipinski definition) is 1. The van der Waals surface area contributed by atoms with Gasteiger partial charge in [-0.15, -0.1) is 0 Å². The third-order valence-electron chi connectivity index (χ3n) is 2.71. The second kappa shape index (κ2) is 7.26. The van der Waals surface area contributed by atoms with Gasteiger partial charge in [-0.1, -0.05) is 29.8 Å². The Balaban J connectivity index is 2.40. The standard InChI is InChI=1S/C15H23NO3/c1-12-6-5-7-13(8-12)9-16-15(2,3)11-19-14(17)10-18-4/h5-8,16H,9-11H2,1-4H3. The molecule has 0 spiro atoms. The fraction of sp³-hybridized carbons (Fsp3) is 0.533. The summed E-state index contributed by atoms with van der Waals surface area (Å²) < 4.78 is 9.85. The SMILES string of the molecule is COCC(=O)OCC(C)(C)NCc1cccc(C)c1. The normalized spacial score (nSPS) is 11.4. The molecule has 0 unspecified atom stereocenters. The van der Waals surface area contributed by atoms with E-state index in [-0.39, 0.29) is 18.1 Å². The number of aryl methyl sites for hydroxylation is 1. The highest BCUT2D eigenvalue weighted by Crippen LogP contribution is 2.08. The van der Waals surface area contributed by atoms with Crippen LogP contribution in [-0.4, -0.2) is 31.8 Å². The van der Waals surface area contributed by atoms with E-state index in [2.05, 4.69) is 30.4 Å². The Morgan fingerprint density at radius 1 is 1.37 bits per heavy atom. The molecule has 1 aromatic rings. The van der Waals surface area contributed by atoms with Gasteiger partial charge in [-0.25, -0.2) is 4.79 Å². The molecule has 0 radical (unpaired) electrons. The summed E-state index contributed by atoms with van der Waals surface area (Å²) in [6, 6.07) is 8.33. The lowest BCUT2D eigenvalue weighted by atomic mass is 10.1. The summed E-state index contributed by atoms with van der Waals surface area (Å²) in [4.78, 5) is 11.2. The lowest BCUT2D eigenvalue weighted by Crippen LogP contribution is -2.43. The summed E-state index contributed by atoms with van der Waals surface area (Å²) in [5, 5.41) is 3.38. The Hall–Kier alpha value is -1.39. The van der Waals surface area contributed by atoms with Crippen molar-refractivity contribution in [1.82, 2.24) is 5.32 Å². The van der Waals surface area contributed by atoms with Crippen LogP contribution in [0.3, 0.4) is 0 Å². The molecule has 1 rings (SSSR count). The van der Waals surface area contributed by atoms with Crippen LogP contribution in [0, 0.1) is 6.92 Å². The molecule has 106 valence electrons. The minimum atomic E-state index is -0.340. The van der Waals surface area contributed by atoms with Crippen LogP contribution < -0.4 is 5.32 Å². The van der Waals surface area contributed by atoms with Crippen molar-refractivity contribution in [1.29, 1.82) is 0 Å². The zero-order chi connectivity index (χ0) is 14.3. The molecule has 0 aliphatic heterocycles. The Morgan fingerprint density at radius 2 is 2.11 bits per heavy atom. The molecular weight excluding hydrogens is 242 g/mol. The van der Waals surface area contributed by atoms with Gasteiger partial charge in [-0.3, -0.25) is 0 Å². The molecule has 0 fully saturated rings. The zero-order valence-electron chi connectivity index (χ0n) is 12.2. The highest BCUT2D eigenvalue weighted by Gasteiger charge is 2.19. The molecule has 0 bridgehead atoms. The molecule has 0 saturated heterocycles. The highest BCUT2D eigenvalue weighted by molar-refractivity contribution is 5.70. The summed E-state index contributed by atoms with van der Waals surface area (Å²) in [6.45, 7) is 7.14. The molecule has 0 aliphatic carbocycles. The van der Waals surface area contributed by atoms with Crippen molar-refractivity contribution < 1.29 is 14.3 Å². The maximum atomic E-state index is 11.2. The van der Waals surface area contributed by atoms with E-state index >= 15 is 0 Å². The molecule has 4 heteroatoms. The lowest BCUT2D eigenvalue weighted by Gasteiger charge is -2.26. The van der Waals surface area contributed by atoms with Crippen LogP contribution in [0.2, 0.25) is 0 Å². The zero-order valence-corrected chi connectivity index (χ0v) is 12.2. The van der Waals surface area contributed by atoms with Crippen LogP contribution in [0.25, 0.3) is 0 Å². The first-order chi connectivity index (χ1) is 8.93. The van der Waals surface area contributed by atoms with Crippen LogP contribution >= 0.6 is 0 Å². The van der Waals surface area contributed by atoms with Gasteiger partial charge in [0, 0.05) is 19.2 Å². The molecule has 0 heterocycles. The summed E-state index contributed by atoms with van der Waals surface area (Å²) in [6.07, 6.45) is 0. The molecule has 1 N–H and O–H groups in total. The first kappa shape index (κ1) is 15.7. The number of esters is 1. The van der Waals surface area contributed by atoms with E-state index in [4.69, 9.17) is 9.47 Å². The van der Waals surface area contributed by atoms with Crippen molar-refractivity contribution in [2.75, 3.05) is 20.3 Å². The van der Waals surface area contributed by atoms with Gasteiger partial charge in [0.1, 0.15) is 13.2 Å². The van der Waals surface area contributed by atoms with Crippen molar-refractivity contribution in [2.24, 2.45) is 0 Å².